The van der Waals surface area contributed by atoms with E-state index in [9.17, 15) is 10.2 Å². The van der Waals surface area contributed by atoms with Crippen LogP contribution in [-0.2, 0) is 0 Å². The van der Waals surface area contributed by atoms with Gasteiger partial charge in [0.25, 0.3) is 0 Å². The SMILES string of the molecule is CCC(C)(CO)NCC(O)COc1cnsn1. The molecule has 0 spiro atoms. The minimum atomic E-state index is -0.644. The normalized spacial score (nSPS) is 16.5. The quantitative estimate of drug-likeness (QED) is 0.612. The molecular weight excluding hydrogens is 242 g/mol. The lowest BCUT2D eigenvalue weighted by Gasteiger charge is -2.28. The van der Waals surface area contributed by atoms with E-state index < -0.39 is 6.10 Å². The van der Waals surface area contributed by atoms with Crippen molar-refractivity contribution in [2.24, 2.45) is 0 Å². The van der Waals surface area contributed by atoms with Crippen molar-refractivity contribution in [2.45, 2.75) is 31.9 Å². The average molecular weight is 261 g/mol. The Balaban J connectivity index is 2.23. The number of nitrogens with one attached hydrogen (secondary N) is 1. The molecule has 1 aromatic rings. The first-order valence-electron chi connectivity index (χ1n) is 5.54. The van der Waals surface area contributed by atoms with Crippen LogP contribution in [0.4, 0.5) is 0 Å². The van der Waals surface area contributed by atoms with Crippen LogP contribution in [0, 0.1) is 0 Å². The molecule has 0 aliphatic heterocycles. The van der Waals surface area contributed by atoms with Crippen LogP contribution in [-0.4, -0.2) is 50.4 Å². The average Bonchev–Trinajstić information content (AvgIpc) is 2.86. The zero-order chi connectivity index (χ0) is 12.7. The zero-order valence-electron chi connectivity index (χ0n) is 10.1. The molecule has 98 valence electrons. The molecule has 0 aliphatic rings. The van der Waals surface area contributed by atoms with E-state index in [1.807, 2.05) is 13.8 Å². The standard InChI is InChI=1S/C10H19N3O3S/c1-3-10(2,7-14)11-4-8(15)6-16-9-5-12-17-13-9/h5,8,11,14-15H,3-4,6-7H2,1-2H3. The van der Waals surface area contributed by atoms with Crippen molar-refractivity contribution in [2.75, 3.05) is 19.8 Å². The van der Waals surface area contributed by atoms with E-state index in [1.54, 1.807) is 0 Å². The van der Waals surface area contributed by atoms with Gasteiger partial charge in [0.15, 0.2) is 0 Å². The lowest BCUT2D eigenvalue weighted by atomic mass is 10.0. The predicted octanol–water partition coefficient (Wildman–Crippen LogP) is 0.0284. The van der Waals surface area contributed by atoms with Gasteiger partial charge in [0.05, 0.1) is 18.3 Å². The zero-order valence-corrected chi connectivity index (χ0v) is 10.9. The second-order valence-electron chi connectivity index (χ2n) is 4.16. The molecule has 0 saturated carbocycles. The molecule has 2 atom stereocenters. The van der Waals surface area contributed by atoms with Gasteiger partial charge >= 0.3 is 0 Å². The minimum absolute atomic E-state index is 0.0348. The van der Waals surface area contributed by atoms with E-state index in [-0.39, 0.29) is 18.8 Å². The van der Waals surface area contributed by atoms with Gasteiger partial charge in [0.1, 0.15) is 18.9 Å². The molecule has 0 saturated heterocycles. The number of ether oxygens (including phenoxy) is 1. The molecule has 17 heavy (non-hydrogen) atoms. The Kier molecular flexibility index (Phi) is 5.76. The summed E-state index contributed by atoms with van der Waals surface area (Å²) in [4.78, 5) is 0. The molecular formula is C10H19N3O3S. The first-order valence-corrected chi connectivity index (χ1v) is 6.27. The highest BCUT2D eigenvalue weighted by Gasteiger charge is 2.21. The Labute approximate surface area is 105 Å². The molecule has 6 nitrogen and oxygen atoms in total. The van der Waals surface area contributed by atoms with Gasteiger partial charge in [-0.1, -0.05) is 6.92 Å². The van der Waals surface area contributed by atoms with Gasteiger partial charge in [-0.05, 0) is 13.3 Å². The lowest BCUT2D eigenvalue weighted by molar-refractivity contribution is 0.0852. The first-order chi connectivity index (χ1) is 8.09. The Bertz CT molecular complexity index is 304. The molecule has 0 radical (unpaired) electrons. The molecule has 1 rings (SSSR count). The van der Waals surface area contributed by atoms with Crippen molar-refractivity contribution in [1.29, 1.82) is 0 Å². The van der Waals surface area contributed by atoms with E-state index in [4.69, 9.17) is 4.74 Å². The molecule has 0 aliphatic carbocycles. The monoisotopic (exact) mass is 261 g/mol. The summed E-state index contributed by atoms with van der Waals surface area (Å²) < 4.78 is 12.9. The lowest BCUT2D eigenvalue weighted by Crippen LogP contribution is -2.49. The number of rotatable bonds is 8. The summed E-state index contributed by atoms with van der Waals surface area (Å²) in [5, 5.41) is 22.0. The van der Waals surface area contributed by atoms with Gasteiger partial charge in [-0.25, -0.2) is 0 Å². The largest absolute Gasteiger partial charge is 0.473 e. The fourth-order valence-corrected chi connectivity index (χ4v) is 1.48. The number of nitrogens with zero attached hydrogens (tertiary/aromatic N) is 2. The second-order valence-corrected chi connectivity index (χ2v) is 4.72. The van der Waals surface area contributed by atoms with Crippen molar-refractivity contribution in [3.8, 4) is 5.88 Å². The van der Waals surface area contributed by atoms with Gasteiger partial charge in [0.2, 0.25) is 5.88 Å². The maximum atomic E-state index is 9.69. The smallest absolute Gasteiger partial charge is 0.245 e. The van der Waals surface area contributed by atoms with Crippen LogP contribution in [0.25, 0.3) is 0 Å². The van der Waals surface area contributed by atoms with E-state index >= 15 is 0 Å². The van der Waals surface area contributed by atoms with Gasteiger partial charge in [-0.2, -0.15) is 4.37 Å². The molecule has 0 amide bonds. The molecule has 2 unspecified atom stereocenters. The molecule has 0 bridgehead atoms. The third-order valence-corrected chi connectivity index (χ3v) is 3.12. The summed E-state index contributed by atoms with van der Waals surface area (Å²) >= 11 is 1.06. The highest BCUT2D eigenvalue weighted by atomic mass is 32.1. The van der Waals surface area contributed by atoms with Crippen LogP contribution >= 0.6 is 11.7 Å². The molecule has 1 heterocycles. The van der Waals surface area contributed by atoms with Crippen molar-refractivity contribution in [1.82, 2.24) is 14.1 Å². The van der Waals surface area contributed by atoms with Crippen LogP contribution < -0.4 is 10.1 Å². The van der Waals surface area contributed by atoms with Crippen molar-refractivity contribution in [3.05, 3.63) is 6.20 Å². The summed E-state index contributed by atoms with van der Waals surface area (Å²) in [6, 6.07) is 0. The number of β-amino-alcohol motifs (C(OH)–C–C–N with tert-alkyl or cyclic N) is 1. The highest BCUT2D eigenvalue weighted by Crippen LogP contribution is 2.08. The summed E-state index contributed by atoms with van der Waals surface area (Å²) in [7, 11) is 0. The summed E-state index contributed by atoms with van der Waals surface area (Å²) in [5.41, 5.74) is -0.358. The molecule has 1 aromatic heterocycles. The van der Waals surface area contributed by atoms with E-state index in [2.05, 4.69) is 14.1 Å². The third-order valence-electron chi connectivity index (χ3n) is 2.66. The van der Waals surface area contributed by atoms with E-state index in [0.29, 0.717) is 12.4 Å². The fourth-order valence-electron chi connectivity index (χ4n) is 1.12. The third kappa shape index (κ3) is 4.95. The molecule has 7 heteroatoms. The van der Waals surface area contributed by atoms with Gasteiger partial charge in [-0.3, -0.25) is 0 Å². The van der Waals surface area contributed by atoms with Crippen LogP contribution in [0.15, 0.2) is 6.20 Å². The molecule has 0 fully saturated rings. The number of aliphatic hydroxyl groups is 2. The summed E-state index contributed by atoms with van der Waals surface area (Å²) in [6.07, 6.45) is 1.65. The Hall–Kier alpha value is -0.760. The number of hydrogen-bond donors (Lipinski definition) is 3. The Morgan fingerprint density at radius 2 is 2.41 bits per heavy atom. The first kappa shape index (κ1) is 14.3. The molecule has 3 N–H and O–H groups in total. The maximum absolute atomic E-state index is 9.69. The van der Waals surface area contributed by atoms with E-state index in [1.165, 1.54) is 6.20 Å². The second kappa shape index (κ2) is 6.85. The van der Waals surface area contributed by atoms with Crippen LogP contribution in [0.5, 0.6) is 5.88 Å². The van der Waals surface area contributed by atoms with Crippen molar-refractivity contribution < 1.29 is 14.9 Å². The van der Waals surface area contributed by atoms with Crippen molar-refractivity contribution >= 4 is 11.7 Å². The van der Waals surface area contributed by atoms with Gasteiger partial charge < -0.3 is 20.3 Å². The van der Waals surface area contributed by atoms with Crippen molar-refractivity contribution in [3.63, 3.8) is 0 Å². The summed E-state index contributed by atoms with van der Waals surface area (Å²) in [6.45, 7) is 4.44. The number of aliphatic hydroxyl groups excluding tert-OH is 2. The van der Waals surface area contributed by atoms with Crippen LogP contribution in [0.2, 0.25) is 0 Å². The Morgan fingerprint density at radius 1 is 1.65 bits per heavy atom. The predicted molar refractivity (Wildman–Crippen MR) is 65.2 cm³/mol. The Morgan fingerprint density at radius 3 is 2.94 bits per heavy atom. The van der Waals surface area contributed by atoms with Gasteiger partial charge in [-0.15, -0.1) is 4.37 Å². The van der Waals surface area contributed by atoms with E-state index in [0.717, 1.165) is 18.1 Å². The van der Waals surface area contributed by atoms with Crippen LogP contribution in [0.1, 0.15) is 20.3 Å². The van der Waals surface area contributed by atoms with Gasteiger partial charge in [0, 0.05) is 12.1 Å². The number of aromatic nitrogens is 2. The van der Waals surface area contributed by atoms with Crippen LogP contribution in [0.3, 0.4) is 0 Å². The number of hydrogen-bond acceptors (Lipinski definition) is 7. The highest BCUT2D eigenvalue weighted by molar-refractivity contribution is 6.99. The molecule has 0 aromatic carbocycles. The minimum Gasteiger partial charge on any atom is -0.473 e. The topological polar surface area (TPSA) is 87.5 Å². The summed E-state index contributed by atoms with van der Waals surface area (Å²) in [5.74, 6) is 0.425. The maximum Gasteiger partial charge on any atom is 0.245 e. The fraction of sp³-hybridized carbons (Fsp3) is 0.800.